The first-order valence-corrected chi connectivity index (χ1v) is 13.5. The van der Waals surface area contributed by atoms with Crippen LogP contribution in [0.1, 0.15) is 31.8 Å². The van der Waals surface area contributed by atoms with E-state index in [1.165, 1.54) is 35.4 Å². The highest BCUT2D eigenvalue weighted by Crippen LogP contribution is 2.32. The Kier molecular flexibility index (Phi) is 6.92. The van der Waals surface area contributed by atoms with Crippen molar-refractivity contribution >= 4 is 38.4 Å². The number of fused-ring (bicyclic) bond motifs is 1. The van der Waals surface area contributed by atoms with Crippen LogP contribution >= 0.6 is 0 Å². The van der Waals surface area contributed by atoms with Crippen molar-refractivity contribution in [2.45, 2.75) is 18.0 Å². The minimum absolute atomic E-state index is 0.00859. The zero-order valence-electron chi connectivity index (χ0n) is 21.0. The number of sulfonamides is 1. The predicted octanol–water partition coefficient (Wildman–Crippen LogP) is 4.31. The third-order valence-electron chi connectivity index (χ3n) is 6.52. The third-order valence-corrected chi connectivity index (χ3v) is 7.91. The monoisotopic (exact) mass is 569 g/mol. The molecule has 1 fully saturated rings. The average molecular weight is 570 g/mol. The summed E-state index contributed by atoms with van der Waals surface area (Å²) in [6.45, 7) is 1.60. The summed E-state index contributed by atoms with van der Waals surface area (Å²) >= 11 is 0. The zero-order chi connectivity index (χ0) is 28.7. The van der Waals surface area contributed by atoms with Crippen LogP contribution in [0.25, 0.3) is 10.9 Å². The summed E-state index contributed by atoms with van der Waals surface area (Å²) in [6.07, 6.45) is -1.39. The molecule has 2 amide bonds. The van der Waals surface area contributed by atoms with E-state index in [4.69, 9.17) is 0 Å². The molecule has 206 valence electrons. The molecule has 2 aromatic carbocycles. The van der Waals surface area contributed by atoms with Crippen LogP contribution in [-0.4, -0.2) is 59.8 Å². The van der Waals surface area contributed by atoms with Crippen molar-refractivity contribution in [3.05, 3.63) is 95.4 Å². The number of carbonyl (C=O) groups is 2. The van der Waals surface area contributed by atoms with Gasteiger partial charge in [-0.05, 0) is 48.9 Å². The van der Waals surface area contributed by atoms with Crippen molar-refractivity contribution in [1.29, 1.82) is 0 Å². The van der Waals surface area contributed by atoms with Crippen LogP contribution < -0.4 is 4.72 Å². The number of para-hydroxylation sites is 1. The summed E-state index contributed by atoms with van der Waals surface area (Å²) in [6, 6.07) is 13.4. The summed E-state index contributed by atoms with van der Waals surface area (Å²) < 4.78 is 68.9. The number of benzene rings is 2. The Labute approximate surface area is 227 Å². The molecule has 13 heteroatoms. The van der Waals surface area contributed by atoms with Gasteiger partial charge in [0.1, 0.15) is 4.90 Å². The van der Waals surface area contributed by atoms with Crippen molar-refractivity contribution in [1.82, 2.24) is 19.8 Å². The maximum atomic E-state index is 13.4. The Balaban J connectivity index is 1.31. The topological polar surface area (TPSA) is 113 Å². The van der Waals surface area contributed by atoms with Crippen molar-refractivity contribution in [2.75, 3.05) is 24.5 Å². The molecule has 0 saturated carbocycles. The van der Waals surface area contributed by atoms with Crippen molar-refractivity contribution in [3.8, 4) is 0 Å². The number of halogens is 3. The van der Waals surface area contributed by atoms with Crippen LogP contribution in [0.4, 0.5) is 18.9 Å². The lowest BCUT2D eigenvalue weighted by Gasteiger charge is -2.20. The van der Waals surface area contributed by atoms with Gasteiger partial charge in [0, 0.05) is 42.6 Å². The Bertz CT molecular complexity index is 1740. The second-order valence-electron chi connectivity index (χ2n) is 9.16. The first-order valence-electron chi connectivity index (χ1n) is 12.0. The van der Waals surface area contributed by atoms with Crippen LogP contribution in [0.2, 0.25) is 0 Å². The molecule has 2 aromatic heterocycles. The van der Waals surface area contributed by atoms with Crippen LogP contribution in [0.3, 0.4) is 0 Å². The van der Waals surface area contributed by atoms with Gasteiger partial charge in [0.05, 0.1) is 29.0 Å². The second-order valence-corrected chi connectivity index (χ2v) is 10.8. The van der Waals surface area contributed by atoms with Crippen LogP contribution in [0.15, 0.2) is 78.1 Å². The van der Waals surface area contributed by atoms with Gasteiger partial charge in [-0.25, -0.2) is 8.42 Å². The molecule has 3 heterocycles. The summed E-state index contributed by atoms with van der Waals surface area (Å²) in [5.41, 5.74) is -0.384. The van der Waals surface area contributed by atoms with Gasteiger partial charge in [0.2, 0.25) is 0 Å². The van der Waals surface area contributed by atoms with E-state index < -0.39 is 39.1 Å². The molecule has 0 bridgehead atoms. The van der Waals surface area contributed by atoms with E-state index in [-0.39, 0.29) is 35.9 Å². The fourth-order valence-corrected chi connectivity index (χ4v) is 5.80. The van der Waals surface area contributed by atoms with E-state index >= 15 is 0 Å². The fourth-order valence-electron chi connectivity index (χ4n) is 4.49. The fraction of sp³-hybridized carbons (Fsp3) is 0.185. The number of nitrogens with one attached hydrogen (secondary N) is 1. The second kappa shape index (κ2) is 10.2. The number of hydrogen-bond acceptors (Lipinski definition) is 6. The summed E-state index contributed by atoms with van der Waals surface area (Å²) in [5, 5.41) is 0.666. The highest BCUT2D eigenvalue weighted by Gasteiger charge is 2.38. The van der Waals surface area contributed by atoms with Gasteiger partial charge in [0.15, 0.2) is 0 Å². The van der Waals surface area contributed by atoms with E-state index in [1.54, 1.807) is 31.2 Å². The molecule has 9 nitrogen and oxygen atoms in total. The molecule has 0 atom stereocenters. The summed E-state index contributed by atoms with van der Waals surface area (Å²) in [7, 11) is -4.01. The van der Waals surface area contributed by atoms with Gasteiger partial charge in [0.25, 0.3) is 21.8 Å². The Morgan fingerprint density at radius 2 is 1.68 bits per heavy atom. The molecule has 5 rings (SSSR count). The first-order chi connectivity index (χ1) is 19.0. The molecular formula is C27H22F3N5O4S. The third kappa shape index (κ3) is 5.19. The standard InChI is InChI=1S/C27H22F3N5O4S/c1-17-14-19(7-8-22(17)33-40(38,39)23-6-2-4-18-5-3-10-32-24(18)23)25(36)34-12-13-35(16-34)26(37)20-15-31-11-9-21(20)27(28,29)30/h2-11,14-15,33H,12-13,16H2,1H3. The van der Waals surface area contributed by atoms with Gasteiger partial charge >= 0.3 is 6.18 Å². The summed E-state index contributed by atoms with van der Waals surface area (Å²) in [5.74, 6) is -1.33. The molecule has 1 aliphatic rings. The lowest BCUT2D eigenvalue weighted by atomic mass is 10.1. The van der Waals surface area contributed by atoms with Crippen molar-refractivity contribution < 1.29 is 31.2 Å². The molecule has 4 aromatic rings. The largest absolute Gasteiger partial charge is 0.417 e. The predicted molar refractivity (Wildman–Crippen MR) is 140 cm³/mol. The maximum Gasteiger partial charge on any atom is 0.417 e. The number of aryl methyl sites for hydroxylation is 1. The molecule has 0 spiro atoms. The number of aromatic nitrogens is 2. The quantitative estimate of drug-likeness (QED) is 0.383. The van der Waals surface area contributed by atoms with Crippen molar-refractivity contribution in [2.24, 2.45) is 0 Å². The molecular weight excluding hydrogens is 547 g/mol. The molecule has 1 aliphatic heterocycles. The van der Waals surface area contributed by atoms with Crippen LogP contribution in [0, 0.1) is 6.92 Å². The molecule has 0 aliphatic carbocycles. The SMILES string of the molecule is Cc1cc(C(=O)N2CCN(C(=O)c3cnccc3C(F)(F)F)C2)ccc1NS(=O)(=O)c1cccc2cccnc12. The highest BCUT2D eigenvalue weighted by molar-refractivity contribution is 7.93. The van der Waals surface area contributed by atoms with Gasteiger partial charge in [-0.15, -0.1) is 0 Å². The summed E-state index contributed by atoms with van der Waals surface area (Å²) in [4.78, 5) is 36.3. The maximum absolute atomic E-state index is 13.4. The molecule has 1 N–H and O–H groups in total. The van der Waals surface area contributed by atoms with Crippen molar-refractivity contribution in [3.63, 3.8) is 0 Å². The molecule has 1 saturated heterocycles. The highest BCUT2D eigenvalue weighted by atomic mass is 32.2. The normalized spacial score (nSPS) is 14.0. The van der Waals surface area contributed by atoms with E-state index in [0.29, 0.717) is 16.5 Å². The number of hydrogen-bond donors (Lipinski definition) is 1. The molecule has 40 heavy (non-hydrogen) atoms. The van der Waals surface area contributed by atoms with E-state index in [9.17, 15) is 31.2 Å². The van der Waals surface area contributed by atoms with Gasteiger partial charge in [-0.3, -0.25) is 24.3 Å². The Hall–Kier alpha value is -4.52. The number of pyridine rings is 2. The lowest BCUT2D eigenvalue weighted by molar-refractivity contribution is -0.138. The first kappa shape index (κ1) is 27.1. The number of carbonyl (C=O) groups excluding carboxylic acids is 2. The van der Waals surface area contributed by atoms with Crippen LogP contribution in [-0.2, 0) is 16.2 Å². The lowest BCUT2D eigenvalue weighted by Crippen LogP contribution is -2.35. The minimum atomic E-state index is -4.73. The van der Waals surface area contributed by atoms with Gasteiger partial charge < -0.3 is 9.80 Å². The Morgan fingerprint density at radius 3 is 2.40 bits per heavy atom. The van der Waals surface area contributed by atoms with E-state index in [0.717, 1.165) is 23.4 Å². The number of nitrogens with zero attached hydrogens (tertiary/aromatic N) is 4. The number of rotatable bonds is 5. The van der Waals surface area contributed by atoms with Crippen LogP contribution in [0.5, 0.6) is 0 Å². The number of alkyl halides is 3. The average Bonchev–Trinajstić information content (AvgIpc) is 3.43. The molecule has 0 unspecified atom stereocenters. The van der Waals surface area contributed by atoms with E-state index in [2.05, 4.69) is 14.7 Å². The number of anilines is 1. The number of amides is 2. The van der Waals surface area contributed by atoms with Gasteiger partial charge in [-0.1, -0.05) is 18.2 Å². The minimum Gasteiger partial charge on any atom is -0.319 e. The smallest absolute Gasteiger partial charge is 0.319 e. The zero-order valence-corrected chi connectivity index (χ0v) is 21.8. The molecule has 0 radical (unpaired) electrons. The Morgan fingerprint density at radius 1 is 0.950 bits per heavy atom. The van der Waals surface area contributed by atoms with E-state index in [1.807, 2.05) is 0 Å². The van der Waals surface area contributed by atoms with Gasteiger partial charge in [-0.2, -0.15) is 13.2 Å².